The van der Waals surface area contributed by atoms with Crippen LogP contribution in [0.15, 0.2) is 15.8 Å². The van der Waals surface area contributed by atoms with Gasteiger partial charge >= 0.3 is 11.7 Å². The summed E-state index contributed by atoms with van der Waals surface area (Å²) in [5, 5.41) is 8.74. The maximum atomic E-state index is 12.1. The van der Waals surface area contributed by atoms with Gasteiger partial charge in [0, 0.05) is 19.8 Å². The Morgan fingerprint density at radius 3 is 2.58 bits per heavy atom. The Morgan fingerprint density at radius 1 is 1.42 bits per heavy atom. The number of carbonyl (C=O) groups excluding carboxylic acids is 1. The van der Waals surface area contributed by atoms with E-state index in [9.17, 15) is 19.2 Å². The Labute approximate surface area is 108 Å². The van der Waals surface area contributed by atoms with E-state index in [0.29, 0.717) is 6.42 Å². The van der Waals surface area contributed by atoms with Crippen molar-refractivity contribution in [2.75, 3.05) is 13.1 Å². The summed E-state index contributed by atoms with van der Waals surface area (Å²) < 4.78 is 1.06. The van der Waals surface area contributed by atoms with Gasteiger partial charge in [0.25, 0.3) is 11.5 Å². The molecule has 0 bridgehead atoms. The predicted molar refractivity (Wildman–Crippen MR) is 66.1 cm³/mol. The molecule has 2 N–H and O–H groups in total. The smallest absolute Gasteiger partial charge is 0.328 e. The average molecular weight is 269 g/mol. The van der Waals surface area contributed by atoms with Gasteiger partial charge in [-0.15, -0.1) is 0 Å². The number of nitrogens with zero attached hydrogens (tertiary/aromatic N) is 2. The summed E-state index contributed by atoms with van der Waals surface area (Å²) in [6, 6.07) is 0. The lowest BCUT2D eigenvalue weighted by molar-refractivity contribution is -0.137. The van der Waals surface area contributed by atoms with E-state index in [1.165, 1.54) is 7.05 Å². The molecule has 8 heteroatoms. The van der Waals surface area contributed by atoms with Crippen molar-refractivity contribution in [1.82, 2.24) is 14.5 Å². The Bertz CT molecular complexity index is 601. The van der Waals surface area contributed by atoms with Crippen LogP contribution in [0.4, 0.5) is 0 Å². The van der Waals surface area contributed by atoms with Crippen LogP contribution in [0.25, 0.3) is 0 Å². The normalized spacial score (nSPS) is 10.2. The van der Waals surface area contributed by atoms with E-state index in [2.05, 4.69) is 0 Å². The lowest BCUT2D eigenvalue weighted by Gasteiger charge is -2.19. The fourth-order valence-electron chi connectivity index (χ4n) is 1.57. The van der Waals surface area contributed by atoms with Crippen LogP contribution in [0.2, 0.25) is 0 Å². The highest BCUT2D eigenvalue weighted by atomic mass is 16.4. The Kier molecular flexibility index (Phi) is 4.62. The molecule has 0 aliphatic carbocycles. The van der Waals surface area contributed by atoms with Crippen molar-refractivity contribution in [1.29, 1.82) is 0 Å². The van der Waals surface area contributed by atoms with Crippen molar-refractivity contribution in [2.45, 2.75) is 13.3 Å². The summed E-state index contributed by atoms with van der Waals surface area (Å²) in [6.07, 6.45) is 1.66. The summed E-state index contributed by atoms with van der Waals surface area (Å²) in [4.78, 5) is 48.6. The van der Waals surface area contributed by atoms with E-state index >= 15 is 0 Å². The van der Waals surface area contributed by atoms with Crippen LogP contribution in [0, 0.1) is 0 Å². The van der Waals surface area contributed by atoms with E-state index < -0.39 is 29.7 Å². The number of carboxylic acid groups (broad SMARTS) is 1. The van der Waals surface area contributed by atoms with Crippen molar-refractivity contribution in [3.63, 3.8) is 0 Å². The molecule has 0 unspecified atom stereocenters. The molecule has 0 fully saturated rings. The quantitative estimate of drug-likeness (QED) is 0.712. The van der Waals surface area contributed by atoms with Gasteiger partial charge in [0.1, 0.15) is 12.1 Å². The molecule has 0 aromatic carbocycles. The first-order chi connectivity index (χ1) is 8.86. The Morgan fingerprint density at radius 2 is 2.05 bits per heavy atom. The molecule has 1 aromatic heterocycles. The third-order valence-corrected chi connectivity index (χ3v) is 2.45. The largest absolute Gasteiger partial charge is 0.480 e. The van der Waals surface area contributed by atoms with Crippen LogP contribution >= 0.6 is 0 Å². The second-order valence-electron chi connectivity index (χ2n) is 4.03. The minimum Gasteiger partial charge on any atom is -0.480 e. The number of hydrogen-bond acceptors (Lipinski definition) is 4. The average Bonchev–Trinajstić information content (AvgIpc) is 2.32. The maximum Gasteiger partial charge on any atom is 0.328 e. The van der Waals surface area contributed by atoms with E-state index in [0.717, 1.165) is 15.7 Å². The second kappa shape index (κ2) is 5.98. The van der Waals surface area contributed by atoms with Crippen molar-refractivity contribution < 1.29 is 14.7 Å². The van der Waals surface area contributed by atoms with Crippen molar-refractivity contribution in [2.24, 2.45) is 7.05 Å². The zero-order valence-corrected chi connectivity index (χ0v) is 10.7. The highest BCUT2D eigenvalue weighted by molar-refractivity contribution is 5.95. The molecule has 1 rings (SSSR count). The third-order valence-electron chi connectivity index (χ3n) is 2.45. The molecule has 0 aliphatic rings. The number of aromatic nitrogens is 2. The molecule has 1 aromatic rings. The number of amides is 1. The first-order valence-corrected chi connectivity index (χ1v) is 5.67. The number of carbonyl (C=O) groups is 2. The fourth-order valence-corrected chi connectivity index (χ4v) is 1.57. The molecule has 8 nitrogen and oxygen atoms in total. The van der Waals surface area contributed by atoms with Crippen LogP contribution in [0.5, 0.6) is 0 Å². The minimum absolute atomic E-state index is 0.216. The van der Waals surface area contributed by atoms with Gasteiger partial charge in [-0.25, -0.2) is 4.79 Å². The SMILES string of the molecule is CCCN(CC(=O)O)C(=O)c1cn(C)c(=O)[nH]c1=O. The molecule has 0 aliphatic heterocycles. The number of H-pyrrole nitrogens is 1. The van der Waals surface area contributed by atoms with Gasteiger partial charge < -0.3 is 14.6 Å². The maximum absolute atomic E-state index is 12.1. The molecule has 104 valence electrons. The van der Waals surface area contributed by atoms with Gasteiger partial charge in [0.2, 0.25) is 0 Å². The first-order valence-electron chi connectivity index (χ1n) is 5.67. The molecular weight excluding hydrogens is 254 g/mol. The lowest BCUT2D eigenvalue weighted by atomic mass is 10.2. The predicted octanol–water partition coefficient (Wildman–Crippen LogP) is -0.990. The van der Waals surface area contributed by atoms with Gasteiger partial charge in [-0.1, -0.05) is 6.92 Å². The Balaban J connectivity index is 3.16. The topological polar surface area (TPSA) is 112 Å². The van der Waals surface area contributed by atoms with Crippen LogP contribution in [-0.2, 0) is 11.8 Å². The standard InChI is InChI=1S/C11H15N3O5/c1-3-4-14(6-8(15)16)10(18)7-5-13(2)11(19)12-9(7)17/h5H,3-4,6H2,1-2H3,(H,15,16)(H,12,17,19). The summed E-state index contributed by atoms with van der Waals surface area (Å²) in [7, 11) is 1.39. The van der Waals surface area contributed by atoms with Gasteiger partial charge in [-0.3, -0.25) is 19.4 Å². The number of carboxylic acids is 1. The molecule has 0 saturated carbocycles. The van der Waals surface area contributed by atoms with Crippen molar-refractivity contribution in [3.8, 4) is 0 Å². The van der Waals surface area contributed by atoms with E-state index in [1.807, 2.05) is 4.98 Å². The monoisotopic (exact) mass is 269 g/mol. The van der Waals surface area contributed by atoms with Gasteiger partial charge in [-0.2, -0.15) is 0 Å². The van der Waals surface area contributed by atoms with Crippen LogP contribution in [-0.4, -0.2) is 44.5 Å². The molecule has 0 spiro atoms. The highest BCUT2D eigenvalue weighted by Crippen LogP contribution is 2.00. The molecule has 0 saturated heterocycles. The van der Waals surface area contributed by atoms with Crippen molar-refractivity contribution in [3.05, 3.63) is 32.6 Å². The zero-order chi connectivity index (χ0) is 14.6. The van der Waals surface area contributed by atoms with Gasteiger partial charge in [0.15, 0.2) is 0 Å². The zero-order valence-electron chi connectivity index (χ0n) is 10.7. The van der Waals surface area contributed by atoms with E-state index in [1.54, 1.807) is 6.92 Å². The molecule has 0 atom stereocenters. The van der Waals surface area contributed by atoms with Crippen LogP contribution in [0.3, 0.4) is 0 Å². The number of rotatable bonds is 5. The Hall–Kier alpha value is -2.38. The lowest BCUT2D eigenvalue weighted by Crippen LogP contribution is -2.41. The van der Waals surface area contributed by atoms with Crippen LogP contribution in [0.1, 0.15) is 23.7 Å². The molecule has 1 heterocycles. The summed E-state index contributed by atoms with van der Waals surface area (Å²) in [6.45, 7) is 1.51. The molecule has 19 heavy (non-hydrogen) atoms. The molecule has 1 amide bonds. The van der Waals surface area contributed by atoms with E-state index in [-0.39, 0.29) is 12.1 Å². The number of aryl methyl sites for hydroxylation is 1. The summed E-state index contributed by atoms with van der Waals surface area (Å²) >= 11 is 0. The fraction of sp³-hybridized carbons (Fsp3) is 0.455. The number of aliphatic carboxylic acids is 1. The van der Waals surface area contributed by atoms with E-state index in [4.69, 9.17) is 5.11 Å². The summed E-state index contributed by atoms with van der Waals surface area (Å²) in [5.41, 5.74) is -1.71. The van der Waals surface area contributed by atoms with Crippen molar-refractivity contribution >= 4 is 11.9 Å². The van der Waals surface area contributed by atoms with Gasteiger partial charge in [-0.05, 0) is 6.42 Å². The highest BCUT2D eigenvalue weighted by Gasteiger charge is 2.21. The van der Waals surface area contributed by atoms with Gasteiger partial charge in [0.05, 0.1) is 0 Å². The summed E-state index contributed by atoms with van der Waals surface area (Å²) in [5.74, 6) is -1.87. The second-order valence-corrected chi connectivity index (χ2v) is 4.03. The molecular formula is C11H15N3O5. The number of nitrogens with one attached hydrogen (secondary N) is 1. The minimum atomic E-state index is -1.16. The number of hydrogen-bond donors (Lipinski definition) is 2. The first kappa shape index (κ1) is 14.7. The van der Waals surface area contributed by atoms with Crippen LogP contribution < -0.4 is 11.2 Å². The number of aromatic amines is 1. The molecule has 0 radical (unpaired) electrons. The third kappa shape index (κ3) is 3.54.